The SMILES string of the molecule is C=C[C@H](N)c1cc(C(=O)O)ccc1O. The van der Waals surface area contributed by atoms with Crippen molar-refractivity contribution < 1.29 is 15.0 Å². The Morgan fingerprint density at radius 3 is 2.71 bits per heavy atom. The van der Waals surface area contributed by atoms with Crippen LogP contribution in [0.25, 0.3) is 0 Å². The Labute approximate surface area is 81.3 Å². The summed E-state index contributed by atoms with van der Waals surface area (Å²) < 4.78 is 0. The van der Waals surface area contributed by atoms with E-state index in [0.717, 1.165) is 0 Å². The van der Waals surface area contributed by atoms with Gasteiger partial charge in [-0.15, -0.1) is 6.58 Å². The molecule has 0 saturated heterocycles. The van der Waals surface area contributed by atoms with E-state index in [9.17, 15) is 9.90 Å². The molecule has 0 spiro atoms. The van der Waals surface area contributed by atoms with Gasteiger partial charge >= 0.3 is 5.97 Å². The third-order valence-corrected chi connectivity index (χ3v) is 1.89. The predicted octanol–water partition coefficient (Wildman–Crippen LogP) is 1.28. The van der Waals surface area contributed by atoms with Crippen molar-refractivity contribution >= 4 is 5.97 Å². The topological polar surface area (TPSA) is 83.6 Å². The first-order valence-electron chi connectivity index (χ1n) is 4.00. The van der Waals surface area contributed by atoms with Crippen LogP contribution in [0, 0.1) is 0 Å². The highest BCUT2D eigenvalue weighted by molar-refractivity contribution is 5.88. The fourth-order valence-corrected chi connectivity index (χ4v) is 1.08. The summed E-state index contributed by atoms with van der Waals surface area (Å²) in [6, 6.07) is 3.40. The van der Waals surface area contributed by atoms with Crippen LogP contribution in [-0.4, -0.2) is 16.2 Å². The van der Waals surface area contributed by atoms with E-state index in [0.29, 0.717) is 5.56 Å². The van der Waals surface area contributed by atoms with Crippen molar-refractivity contribution in [3.8, 4) is 5.75 Å². The zero-order valence-corrected chi connectivity index (χ0v) is 7.47. The van der Waals surface area contributed by atoms with Gasteiger partial charge in [-0.3, -0.25) is 0 Å². The molecule has 0 fully saturated rings. The summed E-state index contributed by atoms with van der Waals surface area (Å²) in [5.41, 5.74) is 6.05. The number of aromatic hydroxyl groups is 1. The minimum Gasteiger partial charge on any atom is -0.508 e. The second-order valence-electron chi connectivity index (χ2n) is 2.84. The highest BCUT2D eigenvalue weighted by Crippen LogP contribution is 2.24. The van der Waals surface area contributed by atoms with E-state index >= 15 is 0 Å². The molecule has 0 aliphatic carbocycles. The van der Waals surface area contributed by atoms with E-state index in [4.69, 9.17) is 10.8 Å². The highest BCUT2D eigenvalue weighted by Gasteiger charge is 2.11. The molecule has 0 heterocycles. The second-order valence-corrected chi connectivity index (χ2v) is 2.84. The van der Waals surface area contributed by atoms with Crippen molar-refractivity contribution in [1.82, 2.24) is 0 Å². The number of carboxylic acids is 1. The number of benzene rings is 1. The standard InChI is InChI=1S/C10H11NO3/c1-2-8(11)7-5-6(10(13)14)3-4-9(7)12/h2-5,8,12H,1,11H2,(H,13,14)/t8-/m0/s1. The molecular weight excluding hydrogens is 182 g/mol. The molecule has 0 radical (unpaired) electrons. The minimum absolute atomic E-state index is 0.0256. The number of carboxylic acid groups (broad SMARTS) is 1. The molecule has 0 amide bonds. The smallest absolute Gasteiger partial charge is 0.335 e. The van der Waals surface area contributed by atoms with Crippen molar-refractivity contribution in [2.75, 3.05) is 0 Å². The van der Waals surface area contributed by atoms with Crippen molar-refractivity contribution in [3.63, 3.8) is 0 Å². The maximum absolute atomic E-state index is 10.6. The summed E-state index contributed by atoms with van der Waals surface area (Å²) in [6.45, 7) is 3.47. The van der Waals surface area contributed by atoms with Crippen molar-refractivity contribution in [3.05, 3.63) is 42.0 Å². The summed E-state index contributed by atoms with van der Waals surface area (Å²) in [6.07, 6.45) is 1.43. The van der Waals surface area contributed by atoms with Gasteiger partial charge in [-0.1, -0.05) is 6.08 Å². The zero-order valence-electron chi connectivity index (χ0n) is 7.47. The van der Waals surface area contributed by atoms with Crippen LogP contribution in [0.1, 0.15) is 22.0 Å². The average Bonchev–Trinajstić information content (AvgIpc) is 2.17. The van der Waals surface area contributed by atoms with Gasteiger partial charge in [0, 0.05) is 5.56 Å². The van der Waals surface area contributed by atoms with Crippen molar-refractivity contribution in [2.45, 2.75) is 6.04 Å². The Morgan fingerprint density at radius 2 is 2.21 bits per heavy atom. The van der Waals surface area contributed by atoms with E-state index in [1.807, 2.05) is 0 Å². The van der Waals surface area contributed by atoms with Crippen LogP contribution in [0.4, 0.5) is 0 Å². The normalized spacial score (nSPS) is 12.1. The molecule has 0 bridgehead atoms. The molecule has 14 heavy (non-hydrogen) atoms. The van der Waals surface area contributed by atoms with Crippen molar-refractivity contribution in [2.24, 2.45) is 5.73 Å². The molecule has 0 aromatic heterocycles. The van der Waals surface area contributed by atoms with Gasteiger partial charge in [-0.25, -0.2) is 4.79 Å². The lowest BCUT2D eigenvalue weighted by Gasteiger charge is -2.09. The number of carbonyl (C=O) groups is 1. The fraction of sp³-hybridized carbons (Fsp3) is 0.100. The molecule has 74 valence electrons. The first kappa shape index (κ1) is 10.3. The van der Waals surface area contributed by atoms with E-state index in [1.54, 1.807) is 0 Å². The van der Waals surface area contributed by atoms with Crippen LogP contribution in [0.15, 0.2) is 30.9 Å². The van der Waals surface area contributed by atoms with Gasteiger partial charge in [0.15, 0.2) is 0 Å². The Balaban J connectivity index is 3.20. The highest BCUT2D eigenvalue weighted by atomic mass is 16.4. The van der Waals surface area contributed by atoms with E-state index in [1.165, 1.54) is 24.3 Å². The zero-order chi connectivity index (χ0) is 10.7. The third kappa shape index (κ3) is 1.92. The molecule has 0 aliphatic heterocycles. The monoisotopic (exact) mass is 193 g/mol. The van der Waals surface area contributed by atoms with Gasteiger partial charge in [0.25, 0.3) is 0 Å². The third-order valence-electron chi connectivity index (χ3n) is 1.89. The number of hydrogen-bond acceptors (Lipinski definition) is 3. The largest absolute Gasteiger partial charge is 0.508 e. The first-order valence-corrected chi connectivity index (χ1v) is 4.00. The van der Waals surface area contributed by atoms with Crippen LogP contribution >= 0.6 is 0 Å². The molecule has 1 aromatic rings. The number of phenols is 1. The van der Waals surface area contributed by atoms with Gasteiger partial charge in [0.05, 0.1) is 11.6 Å². The van der Waals surface area contributed by atoms with Crippen molar-refractivity contribution in [1.29, 1.82) is 0 Å². The summed E-state index contributed by atoms with van der Waals surface area (Å²) in [5, 5.41) is 18.1. The lowest BCUT2D eigenvalue weighted by atomic mass is 10.0. The molecule has 4 heteroatoms. The molecule has 4 N–H and O–H groups in total. The Morgan fingerprint density at radius 1 is 1.57 bits per heavy atom. The van der Waals surface area contributed by atoms with Crippen LogP contribution in [0.2, 0.25) is 0 Å². The van der Waals surface area contributed by atoms with Gasteiger partial charge in [0.2, 0.25) is 0 Å². The number of rotatable bonds is 3. The van der Waals surface area contributed by atoms with E-state index in [-0.39, 0.29) is 11.3 Å². The quantitative estimate of drug-likeness (QED) is 0.631. The molecule has 1 atom stereocenters. The van der Waals surface area contributed by atoms with Crippen LogP contribution < -0.4 is 5.73 Å². The van der Waals surface area contributed by atoms with Gasteiger partial charge in [0.1, 0.15) is 5.75 Å². The molecule has 0 saturated carbocycles. The average molecular weight is 193 g/mol. The molecule has 1 rings (SSSR count). The summed E-state index contributed by atoms with van der Waals surface area (Å²) in [7, 11) is 0. The summed E-state index contributed by atoms with van der Waals surface area (Å²) >= 11 is 0. The number of phenolic OH excluding ortho intramolecular Hbond substituents is 1. The summed E-state index contributed by atoms with van der Waals surface area (Å²) in [5.74, 6) is -1.08. The van der Waals surface area contributed by atoms with Crippen LogP contribution in [0.5, 0.6) is 5.75 Å². The van der Waals surface area contributed by atoms with Gasteiger partial charge in [-0.2, -0.15) is 0 Å². The fourth-order valence-electron chi connectivity index (χ4n) is 1.08. The summed E-state index contributed by atoms with van der Waals surface area (Å²) in [4.78, 5) is 10.6. The van der Waals surface area contributed by atoms with E-state index < -0.39 is 12.0 Å². The predicted molar refractivity (Wildman–Crippen MR) is 52.2 cm³/mol. The van der Waals surface area contributed by atoms with Gasteiger partial charge in [-0.05, 0) is 18.2 Å². The van der Waals surface area contributed by atoms with Crippen LogP contribution in [0.3, 0.4) is 0 Å². The lowest BCUT2D eigenvalue weighted by molar-refractivity contribution is 0.0697. The number of hydrogen-bond donors (Lipinski definition) is 3. The Hall–Kier alpha value is -1.81. The molecule has 4 nitrogen and oxygen atoms in total. The van der Waals surface area contributed by atoms with Crippen LogP contribution in [-0.2, 0) is 0 Å². The minimum atomic E-state index is -1.05. The Bertz CT molecular complexity index is 374. The van der Waals surface area contributed by atoms with E-state index in [2.05, 4.69) is 6.58 Å². The number of aromatic carboxylic acids is 1. The number of nitrogens with two attached hydrogens (primary N) is 1. The maximum atomic E-state index is 10.6. The maximum Gasteiger partial charge on any atom is 0.335 e. The molecule has 0 unspecified atom stereocenters. The Kier molecular flexibility index (Phi) is 2.89. The first-order chi connectivity index (χ1) is 6.56. The lowest BCUT2D eigenvalue weighted by Crippen LogP contribution is -2.08. The second kappa shape index (κ2) is 3.93. The molecule has 1 aromatic carbocycles. The molecule has 0 aliphatic rings. The molecular formula is C10H11NO3. The van der Waals surface area contributed by atoms with Gasteiger partial charge < -0.3 is 15.9 Å².